The van der Waals surface area contributed by atoms with Crippen LogP contribution in [0.15, 0.2) is 66.2 Å². The number of rotatable bonds is 5. The summed E-state index contributed by atoms with van der Waals surface area (Å²) in [5.74, 6) is -8.63. The Morgan fingerprint density at radius 1 is 0.938 bits per heavy atom. The van der Waals surface area contributed by atoms with Crippen LogP contribution in [0.1, 0.15) is 41.6 Å². The molecular weight excluding hydrogens is 666 g/mol. The second-order valence-electron chi connectivity index (χ2n) is 12.7. The van der Waals surface area contributed by atoms with Gasteiger partial charge in [0.05, 0.1) is 57.3 Å². The molecule has 0 bridgehead atoms. The fourth-order valence-electron chi connectivity index (χ4n) is 8.21. The average molecular weight is 694 g/mol. The number of nitrogens with zero attached hydrogens (tertiary/aromatic N) is 2. The van der Waals surface area contributed by atoms with Crippen LogP contribution < -0.4 is 14.5 Å². The number of imide groups is 2. The number of fused-ring (bicyclic) bond motifs is 4. The number of hydrogen-bond acceptors (Lipinski definition) is 7. The number of carboxylic acid groups (broad SMARTS) is 1. The number of ether oxygens (including phenoxy) is 1. The summed E-state index contributed by atoms with van der Waals surface area (Å²) in [5.41, 5.74) is -0.233. The van der Waals surface area contributed by atoms with Gasteiger partial charge in [-0.15, -0.1) is 0 Å². The molecule has 2 aliphatic carbocycles. The number of phenolic OH excluding ortho intramolecular Hbond substituents is 1. The molecule has 2 saturated heterocycles. The molecule has 13 heteroatoms. The Hall–Kier alpha value is -4.74. The van der Waals surface area contributed by atoms with Crippen molar-refractivity contribution in [2.45, 2.75) is 25.7 Å². The van der Waals surface area contributed by atoms with Crippen molar-refractivity contribution in [3.05, 3.63) is 93.2 Å². The first-order chi connectivity index (χ1) is 22.8. The van der Waals surface area contributed by atoms with Gasteiger partial charge in [0, 0.05) is 5.92 Å². The Morgan fingerprint density at radius 3 is 2.35 bits per heavy atom. The largest absolute Gasteiger partial charge is 0.503 e. The van der Waals surface area contributed by atoms with Crippen molar-refractivity contribution in [2.75, 3.05) is 16.9 Å². The lowest BCUT2D eigenvalue weighted by Gasteiger charge is -2.49. The summed E-state index contributed by atoms with van der Waals surface area (Å²) in [6.45, 7) is 1.66. The van der Waals surface area contributed by atoms with E-state index in [2.05, 4.69) is 0 Å². The number of benzene rings is 3. The lowest BCUT2D eigenvalue weighted by molar-refractivity contribution is -0.131. The van der Waals surface area contributed by atoms with Gasteiger partial charge in [0.25, 0.3) is 0 Å². The van der Waals surface area contributed by atoms with Crippen molar-refractivity contribution < 1.29 is 43.3 Å². The summed E-state index contributed by atoms with van der Waals surface area (Å²) < 4.78 is 19.5. The van der Waals surface area contributed by atoms with Crippen molar-refractivity contribution in [3.8, 4) is 11.5 Å². The van der Waals surface area contributed by atoms with E-state index in [1.54, 1.807) is 6.92 Å². The zero-order chi connectivity index (χ0) is 34.4. The van der Waals surface area contributed by atoms with Crippen LogP contribution in [0, 0.1) is 34.9 Å². The van der Waals surface area contributed by atoms with Crippen LogP contribution in [0.5, 0.6) is 11.5 Å². The van der Waals surface area contributed by atoms with Crippen molar-refractivity contribution in [1.82, 2.24) is 0 Å². The fourth-order valence-corrected chi connectivity index (χ4v) is 8.61. The molecule has 4 aliphatic rings. The molecule has 6 atom stereocenters. The quantitative estimate of drug-likeness (QED) is 0.246. The van der Waals surface area contributed by atoms with E-state index in [0.29, 0.717) is 11.1 Å². The number of anilines is 2. The molecule has 3 aromatic rings. The van der Waals surface area contributed by atoms with Crippen LogP contribution in [0.2, 0.25) is 10.0 Å². The molecule has 4 amide bonds. The number of halogens is 3. The number of methoxy groups -OCH3 is 1. The maximum Gasteiger partial charge on any atom is 0.335 e. The number of carbonyl (C=O) groups is 5. The number of amides is 4. The minimum absolute atomic E-state index is 0.0320. The van der Waals surface area contributed by atoms with Gasteiger partial charge >= 0.3 is 5.97 Å². The second kappa shape index (κ2) is 11.2. The van der Waals surface area contributed by atoms with Gasteiger partial charge in [0.2, 0.25) is 23.6 Å². The summed E-state index contributed by atoms with van der Waals surface area (Å²) in [6, 6.07) is 12.1. The highest BCUT2D eigenvalue weighted by Crippen LogP contribution is 2.64. The topological polar surface area (TPSA) is 142 Å². The predicted octanol–water partition coefficient (Wildman–Crippen LogP) is 5.98. The van der Waals surface area contributed by atoms with E-state index >= 15 is 0 Å². The highest BCUT2D eigenvalue weighted by atomic mass is 35.5. The van der Waals surface area contributed by atoms with E-state index in [0.717, 1.165) is 15.9 Å². The highest BCUT2D eigenvalue weighted by Gasteiger charge is 2.67. The fraction of sp³-hybridized carbons (Fsp3) is 0.286. The molecule has 2 aliphatic heterocycles. The SMILES string of the molecule is COc1cc(C2C3=CCC4C(=O)N(c5cccc(C(=O)O)c5)C(=O)C4C3CC3C(=O)N(c4ccc(F)c(Cl)c4)C(=O)C32C)cc(Cl)c1O. The Balaban J connectivity index is 1.38. The Bertz CT molecular complexity index is 2020. The molecule has 0 spiro atoms. The van der Waals surface area contributed by atoms with Crippen LogP contribution in [0.25, 0.3) is 0 Å². The highest BCUT2D eigenvalue weighted by molar-refractivity contribution is 6.32. The first-order valence-corrected chi connectivity index (χ1v) is 15.9. The lowest BCUT2D eigenvalue weighted by atomic mass is 9.51. The summed E-state index contributed by atoms with van der Waals surface area (Å²) >= 11 is 12.5. The van der Waals surface area contributed by atoms with Gasteiger partial charge < -0.3 is 14.9 Å². The van der Waals surface area contributed by atoms with Crippen LogP contribution in [0.4, 0.5) is 15.8 Å². The summed E-state index contributed by atoms with van der Waals surface area (Å²) in [7, 11) is 1.34. The summed E-state index contributed by atoms with van der Waals surface area (Å²) in [5, 5.41) is 19.7. The maximum absolute atomic E-state index is 14.6. The van der Waals surface area contributed by atoms with Gasteiger partial charge in [-0.2, -0.15) is 0 Å². The molecule has 246 valence electrons. The summed E-state index contributed by atoms with van der Waals surface area (Å²) in [4.78, 5) is 70.6. The molecule has 2 N–H and O–H groups in total. The number of hydrogen-bond donors (Lipinski definition) is 2. The molecule has 0 radical (unpaired) electrons. The van der Waals surface area contributed by atoms with Gasteiger partial charge in [-0.25, -0.2) is 14.1 Å². The van der Waals surface area contributed by atoms with E-state index in [9.17, 15) is 38.6 Å². The van der Waals surface area contributed by atoms with E-state index in [4.69, 9.17) is 27.9 Å². The molecule has 1 saturated carbocycles. The van der Waals surface area contributed by atoms with E-state index in [-0.39, 0.29) is 51.3 Å². The zero-order valence-corrected chi connectivity index (χ0v) is 27.0. The number of carboxylic acids is 1. The molecule has 3 fully saturated rings. The number of carbonyl (C=O) groups excluding carboxylic acids is 4. The molecule has 0 aromatic heterocycles. The first kappa shape index (κ1) is 31.8. The Morgan fingerprint density at radius 2 is 1.67 bits per heavy atom. The molecule has 48 heavy (non-hydrogen) atoms. The predicted molar refractivity (Wildman–Crippen MR) is 172 cm³/mol. The molecule has 6 unspecified atom stereocenters. The maximum atomic E-state index is 14.6. The minimum atomic E-state index is -1.44. The van der Waals surface area contributed by atoms with Gasteiger partial charge in [-0.3, -0.25) is 24.1 Å². The van der Waals surface area contributed by atoms with Gasteiger partial charge in [-0.1, -0.05) is 40.9 Å². The second-order valence-corrected chi connectivity index (χ2v) is 13.5. The standard InChI is InChI=1S/C35H27Cl2FN2O8/c1-35-22(31(43)40(34(35)47)18-6-9-25(38)23(36)13-18)14-21-19(28(35)16-11-24(37)29(41)26(12-16)48-2)7-8-20-27(21)32(44)39(30(20)42)17-5-3-4-15(10-17)33(45)46/h3-7,9-13,20-22,27-28,41H,8,14H2,1-2H3,(H,45,46). The molecule has 10 nitrogen and oxygen atoms in total. The van der Waals surface area contributed by atoms with Crippen molar-refractivity contribution in [2.24, 2.45) is 29.1 Å². The number of allylic oxidation sites excluding steroid dienone is 2. The monoisotopic (exact) mass is 692 g/mol. The number of aromatic hydroxyl groups is 1. The number of aromatic carboxylic acids is 1. The van der Waals surface area contributed by atoms with E-state index < -0.39 is 70.4 Å². The average Bonchev–Trinajstić information content (AvgIpc) is 3.43. The van der Waals surface area contributed by atoms with Gasteiger partial charge in [0.1, 0.15) is 5.82 Å². The van der Waals surface area contributed by atoms with E-state index in [1.165, 1.54) is 55.6 Å². The molecular formula is C35H27Cl2FN2O8. The van der Waals surface area contributed by atoms with Crippen molar-refractivity contribution in [1.29, 1.82) is 0 Å². The molecule has 3 aromatic carbocycles. The van der Waals surface area contributed by atoms with Crippen LogP contribution in [-0.4, -0.2) is 46.9 Å². The first-order valence-electron chi connectivity index (χ1n) is 15.1. The van der Waals surface area contributed by atoms with Crippen LogP contribution in [0.3, 0.4) is 0 Å². The van der Waals surface area contributed by atoms with Gasteiger partial charge in [-0.05, 0) is 79.8 Å². The van der Waals surface area contributed by atoms with Gasteiger partial charge in [0.15, 0.2) is 11.5 Å². The molecule has 7 rings (SSSR count). The van der Waals surface area contributed by atoms with Crippen molar-refractivity contribution in [3.63, 3.8) is 0 Å². The third kappa shape index (κ3) is 4.40. The lowest BCUT2D eigenvalue weighted by Crippen LogP contribution is -2.48. The third-order valence-electron chi connectivity index (χ3n) is 10.4. The summed E-state index contributed by atoms with van der Waals surface area (Å²) in [6.07, 6.45) is 2.03. The van der Waals surface area contributed by atoms with Crippen molar-refractivity contribution >= 4 is 64.2 Å². The minimum Gasteiger partial charge on any atom is -0.503 e. The third-order valence-corrected chi connectivity index (χ3v) is 11.0. The normalized spacial score (nSPS) is 27.9. The van der Waals surface area contributed by atoms with E-state index in [1.807, 2.05) is 6.08 Å². The smallest absolute Gasteiger partial charge is 0.335 e. The zero-order valence-electron chi connectivity index (χ0n) is 25.4. The Kier molecular flexibility index (Phi) is 7.41. The Labute approximate surface area is 283 Å². The molecule has 2 heterocycles. The number of phenols is 1. The van der Waals surface area contributed by atoms with Crippen LogP contribution >= 0.6 is 23.2 Å². The van der Waals surface area contributed by atoms with Crippen LogP contribution in [-0.2, 0) is 19.2 Å².